The minimum Gasteiger partial charge on any atom is -0.497 e. The van der Waals surface area contributed by atoms with Gasteiger partial charge in [0.2, 0.25) is 5.91 Å². The Morgan fingerprint density at radius 2 is 1.96 bits per heavy atom. The van der Waals surface area contributed by atoms with E-state index in [0.29, 0.717) is 19.0 Å². The van der Waals surface area contributed by atoms with E-state index < -0.39 is 0 Å². The predicted octanol–water partition coefficient (Wildman–Crippen LogP) is 3.26. The summed E-state index contributed by atoms with van der Waals surface area (Å²) in [5, 5.41) is 5.36. The van der Waals surface area contributed by atoms with Gasteiger partial charge in [0.05, 0.1) is 7.11 Å². The van der Waals surface area contributed by atoms with Crippen molar-refractivity contribution in [2.45, 2.75) is 25.8 Å². The van der Waals surface area contributed by atoms with E-state index in [4.69, 9.17) is 10.5 Å². The fourth-order valence-corrected chi connectivity index (χ4v) is 3.49. The lowest BCUT2D eigenvalue weighted by molar-refractivity contribution is -0.126. The molecule has 1 saturated carbocycles. The lowest BCUT2D eigenvalue weighted by atomic mass is 9.95. The zero-order valence-corrected chi connectivity index (χ0v) is 14.8. The molecule has 2 aromatic carbocycles. The van der Waals surface area contributed by atoms with Gasteiger partial charge in [-0.15, -0.1) is 12.4 Å². The summed E-state index contributed by atoms with van der Waals surface area (Å²) >= 11 is 0. The second-order valence-corrected chi connectivity index (χ2v) is 6.30. The Balaban J connectivity index is 0.00000208. The van der Waals surface area contributed by atoms with Gasteiger partial charge in [0.15, 0.2) is 0 Å². The van der Waals surface area contributed by atoms with E-state index in [1.54, 1.807) is 7.11 Å². The fraction of sp³-hybridized carbons (Fsp3) is 0.421. The van der Waals surface area contributed by atoms with Crippen molar-refractivity contribution in [2.75, 3.05) is 13.7 Å². The van der Waals surface area contributed by atoms with Crippen LogP contribution in [0.1, 0.15) is 24.8 Å². The molecular weight excluding hydrogens is 324 g/mol. The van der Waals surface area contributed by atoms with E-state index in [1.165, 1.54) is 0 Å². The van der Waals surface area contributed by atoms with Crippen LogP contribution in [0, 0.1) is 11.8 Å². The molecule has 130 valence electrons. The molecule has 0 heterocycles. The van der Waals surface area contributed by atoms with Crippen molar-refractivity contribution >= 4 is 29.1 Å². The highest BCUT2D eigenvalue weighted by atomic mass is 35.5. The third-order valence-corrected chi connectivity index (χ3v) is 4.88. The van der Waals surface area contributed by atoms with Crippen LogP contribution in [0.2, 0.25) is 0 Å². The summed E-state index contributed by atoms with van der Waals surface area (Å²) in [4.78, 5) is 12.4. The van der Waals surface area contributed by atoms with E-state index >= 15 is 0 Å². The lowest BCUT2D eigenvalue weighted by Gasteiger charge is -2.17. The number of nitrogens with two attached hydrogens (primary N) is 1. The van der Waals surface area contributed by atoms with E-state index in [0.717, 1.165) is 41.3 Å². The molecule has 3 N–H and O–H groups in total. The number of amides is 1. The summed E-state index contributed by atoms with van der Waals surface area (Å²) in [7, 11) is 1.67. The first-order valence-electron chi connectivity index (χ1n) is 8.25. The first-order chi connectivity index (χ1) is 11.2. The average Bonchev–Trinajstić information content (AvgIpc) is 3.07. The molecule has 0 aromatic heterocycles. The molecule has 0 spiro atoms. The Kier molecular flexibility index (Phi) is 6.46. The molecule has 0 aliphatic heterocycles. The summed E-state index contributed by atoms with van der Waals surface area (Å²) in [6.45, 7) is 1.17. The topological polar surface area (TPSA) is 64.3 Å². The smallest absolute Gasteiger partial charge is 0.223 e. The number of halogens is 1. The maximum absolute atomic E-state index is 12.4. The quantitative estimate of drug-likeness (QED) is 0.871. The van der Waals surface area contributed by atoms with Gasteiger partial charge in [-0.2, -0.15) is 0 Å². The third kappa shape index (κ3) is 4.00. The van der Waals surface area contributed by atoms with Crippen molar-refractivity contribution in [2.24, 2.45) is 17.6 Å². The minimum atomic E-state index is 0. The van der Waals surface area contributed by atoms with Gasteiger partial charge in [-0.3, -0.25) is 4.79 Å². The molecule has 4 nitrogen and oxygen atoms in total. The number of rotatable bonds is 5. The van der Waals surface area contributed by atoms with Gasteiger partial charge < -0.3 is 15.8 Å². The molecule has 2 aromatic rings. The molecule has 0 saturated heterocycles. The van der Waals surface area contributed by atoms with Gasteiger partial charge in [-0.1, -0.05) is 24.6 Å². The SMILES string of the molecule is COc1ccc2cc(CNC(=O)[C@@H]3CCC[C@@H]3CN)ccc2c1.Cl. The highest BCUT2D eigenvalue weighted by molar-refractivity contribution is 5.85. The normalized spacial score (nSPS) is 19.8. The predicted molar refractivity (Wildman–Crippen MR) is 99.5 cm³/mol. The van der Waals surface area contributed by atoms with Crippen LogP contribution in [0.15, 0.2) is 36.4 Å². The van der Waals surface area contributed by atoms with Gasteiger partial charge >= 0.3 is 0 Å². The van der Waals surface area contributed by atoms with E-state index in [-0.39, 0.29) is 24.2 Å². The van der Waals surface area contributed by atoms with Gasteiger partial charge in [-0.25, -0.2) is 0 Å². The molecule has 5 heteroatoms. The van der Waals surface area contributed by atoms with E-state index in [2.05, 4.69) is 23.5 Å². The zero-order valence-electron chi connectivity index (χ0n) is 14.0. The molecule has 0 unspecified atom stereocenters. The van der Waals surface area contributed by atoms with Gasteiger partial charge in [0, 0.05) is 12.5 Å². The zero-order chi connectivity index (χ0) is 16.2. The molecule has 3 rings (SSSR count). The van der Waals surface area contributed by atoms with Crippen LogP contribution in [-0.4, -0.2) is 19.6 Å². The Morgan fingerprint density at radius 3 is 2.71 bits per heavy atom. The standard InChI is InChI=1S/C19H24N2O2.ClH/c1-23-17-8-7-14-9-13(5-6-15(14)10-17)12-21-19(22)18-4-2-3-16(18)11-20;/h5-10,16,18H,2-4,11-12,20H2,1H3,(H,21,22);1H/t16-,18-;/m1./s1. The molecule has 1 fully saturated rings. The molecule has 1 aliphatic rings. The largest absolute Gasteiger partial charge is 0.497 e. The molecule has 24 heavy (non-hydrogen) atoms. The second kappa shape index (κ2) is 8.36. The van der Waals surface area contributed by atoms with Crippen molar-refractivity contribution in [3.05, 3.63) is 42.0 Å². The number of carbonyl (C=O) groups is 1. The Bertz CT molecular complexity index is 705. The first-order valence-corrected chi connectivity index (χ1v) is 8.25. The fourth-order valence-electron chi connectivity index (χ4n) is 3.49. The van der Waals surface area contributed by atoms with Crippen molar-refractivity contribution in [1.29, 1.82) is 0 Å². The monoisotopic (exact) mass is 348 g/mol. The highest BCUT2D eigenvalue weighted by Crippen LogP contribution is 2.31. The van der Waals surface area contributed by atoms with Crippen LogP contribution >= 0.6 is 12.4 Å². The number of hydrogen-bond acceptors (Lipinski definition) is 3. The number of carbonyl (C=O) groups excluding carboxylic acids is 1. The third-order valence-electron chi connectivity index (χ3n) is 4.88. The molecular formula is C19H25ClN2O2. The molecule has 1 aliphatic carbocycles. The Morgan fingerprint density at radius 1 is 1.21 bits per heavy atom. The van der Waals surface area contributed by atoms with Gasteiger partial charge in [0.25, 0.3) is 0 Å². The van der Waals surface area contributed by atoms with Crippen LogP contribution < -0.4 is 15.8 Å². The van der Waals surface area contributed by atoms with Crippen LogP contribution in [0.25, 0.3) is 10.8 Å². The molecule has 2 atom stereocenters. The highest BCUT2D eigenvalue weighted by Gasteiger charge is 2.31. The Hall–Kier alpha value is -1.78. The average molecular weight is 349 g/mol. The number of methoxy groups -OCH3 is 1. The van der Waals surface area contributed by atoms with Crippen molar-refractivity contribution in [3.8, 4) is 5.75 Å². The van der Waals surface area contributed by atoms with Crippen LogP contribution in [-0.2, 0) is 11.3 Å². The maximum atomic E-state index is 12.4. The summed E-state index contributed by atoms with van der Waals surface area (Å²) < 4.78 is 5.24. The minimum absolute atomic E-state index is 0. The van der Waals surface area contributed by atoms with Gasteiger partial charge in [0.1, 0.15) is 5.75 Å². The number of benzene rings is 2. The van der Waals surface area contributed by atoms with Crippen molar-refractivity contribution in [3.63, 3.8) is 0 Å². The van der Waals surface area contributed by atoms with Crippen molar-refractivity contribution in [1.82, 2.24) is 5.32 Å². The van der Waals surface area contributed by atoms with Crippen molar-refractivity contribution < 1.29 is 9.53 Å². The number of fused-ring (bicyclic) bond motifs is 1. The molecule has 0 radical (unpaired) electrons. The van der Waals surface area contributed by atoms with E-state index in [1.807, 2.05) is 18.2 Å². The van der Waals surface area contributed by atoms with Crippen LogP contribution in [0.5, 0.6) is 5.75 Å². The second-order valence-electron chi connectivity index (χ2n) is 6.30. The van der Waals surface area contributed by atoms with E-state index in [9.17, 15) is 4.79 Å². The molecule has 1 amide bonds. The lowest BCUT2D eigenvalue weighted by Crippen LogP contribution is -2.34. The summed E-state index contributed by atoms with van der Waals surface area (Å²) in [6.07, 6.45) is 3.15. The number of hydrogen-bond donors (Lipinski definition) is 2. The van der Waals surface area contributed by atoms with Crippen LogP contribution in [0.4, 0.5) is 0 Å². The first kappa shape index (κ1) is 18.6. The molecule has 0 bridgehead atoms. The number of ether oxygens (including phenoxy) is 1. The van der Waals surface area contributed by atoms with Crippen LogP contribution in [0.3, 0.4) is 0 Å². The summed E-state index contributed by atoms with van der Waals surface area (Å²) in [5.74, 6) is 1.43. The Labute approximate surface area is 149 Å². The summed E-state index contributed by atoms with van der Waals surface area (Å²) in [6, 6.07) is 12.2. The maximum Gasteiger partial charge on any atom is 0.223 e. The number of nitrogens with one attached hydrogen (secondary N) is 1. The van der Waals surface area contributed by atoms with Gasteiger partial charge in [-0.05, 0) is 59.8 Å². The summed E-state index contributed by atoms with van der Waals surface area (Å²) in [5.41, 5.74) is 6.87.